The Morgan fingerprint density at radius 2 is 1.86 bits per heavy atom. The summed E-state index contributed by atoms with van der Waals surface area (Å²) in [7, 11) is 0. The van der Waals surface area contributed by atoms with Crippen molar-refractivity contribution in [3.05, 3.63) is 42.7 Å². The molecule has 1 aliphatic carbocycles. The molecule has 4 rings (SSSR count). The topological polar surface area (TPSA) is 130 Å². The first-order valence-electron chi connectivity index (χ1n) is 9.30. The molecule has 0 unspecified atom stereocenters. The minimum absolute atomic E-state index is 0.0300. The van der Waals surface area contributed by atoms with Crippen LogP contribution in [0, 0.1) is 0 Å². The quantitative estimate of drug-likeness (QED) is 0.429. The molecule has 0 radical (unpaired) electrons. The number of carboxylic acid groups (broad SMARTS) is 1. The van der Waals surface area contributed by atoms with Crippen molar-refractivity contribution in [2.75, 3.05) is 16.4 Å². The molecule has 1 fully saturated rings. The largest absolute Gasteiger partial charge is 0.465 e. The van der Waals surface area contributed by atoms with Crippen molar-refractivity contribution < 1.29 is 9.90 Å². The van der Waals surface area contributed by atoms with E-state index in [1.165, 1.54) is 0 Å². The number of nitrogens with one attached hydrogen (secondary N) is 3. The number of hydrogen-bond donors (Lipinski definition) is 5. The summed E-state index contributed by atoms with van der Waals surface area (Å²) in [5.41, 5.74) is 8.95. The maximum atomic E-state index is 10.8. The number of imidazole rings is 1. The van der Waals surface area contributed by atoms with E-state index in [4.69, 9.17) is 10.8 Å². The molecule has 0 aliphatic heterocycles. The van der Waals surface area contributed by atoms with E-state index in [9.17, 15) is 4.79 Å². The van der Waals surface area contributed by atoms with Crippen LogP contribution in [-0.2, 0) is 0 Å². The van der Waals surface area contributed by atoms with Crippen molar-refractivity contribution in [2.24, 2.45) is 0 Å². The van der Waals surface area contributed by atoms with E-state index in [1.807, 2.05) is 36.5 Å². The number of nitrogens with zero attached hydrogens (tertiary/aromatic N) is 3. The van der Waals surface area contributed by atoms with Gasteiger partial charge in [-0.25, -0.2) is 14.3 Å². The zero-order chi connectivity index (χ0) is 19.5. The number of amides is 1. The fourth-order valence-electron chi connectivity index (χ4n) is 3.57. The van der Waals surface area contributed by atoms with Crippen LogP contribution in [-0.4, -0.2) is 37.9 Å². The van der Waals surface area contributed by atoms with E-state index in [1.54, 1.807) is 10.7 Å². The van der Waals surface area contributed by atoms with E-state index < -0.39 is 6.09 Å². The number of anilines is 4. The fourth-order valence-corrected chi connectivity index (χ4v) is 3.57. The Balaban J connectivity index is 1.49. The van der Waals surface area contributed by atoms with Gasteiger partial charge >= 0.3 is 6.09 Å². The molecule has 0 bridgehead atoms. The van der Waals surface area contributed by atoms with Crippen LogP contribution in [0.3, 0.4) is 0 Å². The molecule has 0 atom stereocenters. The highest BCUT2D eigenvalue weighted by molar-refractivity contribution is 5.76. The summed E-state index contributed by atoms with van der Waals surface area (Å²) in [6.07, 6.45) is 5.96. The molecular weight excluding hydrogens is 358 g/mol. The summed E-state index contributed by atoms with van der Waals surface area (Å²) in [5, 5.41) is 22.9. The Labute approximate surface area is 162 Å². The number of carbonyl (C=O) groups is 1. The lowest BCUT2D eigenvalue weighted by atomic mass is 9.91. The predicted octanol–water partition coefficient (Wildman–Crippen LogP) is 3.05. The molecular formula is C19H23N7O2. The van der Waals surface area contributed by atoms with Crippen molar-refractivity contribution >= 4 is 34.6 Å². The van der Waals surface area contributed by atoms with Crippen molar-refractivity contribution in [2.45, 2.75) is 37.8 Å². The van der Waals surface area contributed by atoms with Gasteiger partial charge in [0.1, 0.15) is 5.82 Å². The van der Waals surface area contributed by atoms with Crippen LogP contribution in [0.2, 0.25) is 0 Å². The van der Waals surface area contributed by atoms with Crippen molar-refractivity contribution in [1.82, 2.24) is 19.9 Å². The highest BCUT2D eigenvalue weighted by Crippen LogP contribution is 2.26. The molecule has 28 heavy (non-hydrogen) atoms. The fraction of sp³-hybridized carbons (Fsp3) is 0.316. The normalized spacial score (nSPS) is 19.3. The Morgan fingerprint density at radius 1 is 1.14 bits per heavy atom. The second-order valence-corrected chi connectivity index (χ2v) is 7.03. The van der Waals surface area contributed by atoms with Gasteiger partial charge in [0.15, 0.2) is 5.65 Å². The van der Waals surface area contributed by atoms with Gasteiger partial charge in [-0.2, -0.15) is 0 Å². The second kappa shape index (κ2) is 7.63. The van der Waals surface area contributed by atoms with Crippen LogP contribution < -0.4 is 21.7 Å². The van der Waals surface area contributed by atoms with Crippen LogP contribution in [0.4, 0.5) is 27.7 Å². The minimum atomic E-state index is -0.956. The summed E-state index contributed by atoms with van der Waals surface area (Å²) < 4.78 is 1.74. The van der Waals surface area contributed by atoms with Gasteiger partial charge in [0.05, 0.1) is 5.69 Å². The van der Waals surface area contributed by atoms with Gasteiger partial charge in [0, 0.05) is 41.9 Å². The van der Waals surface area contributed by atoms with Gasteiger partial charge in [-0.1, -0.05) is 0 Å². The molecule has 1 amide bonds. The number of nitrogens with two attached hydrogens (primary N) is 1. The number of hydrogen-bond acceptors (Lipinski definition) is 6. The Hall–Kier alpha value is -3.49. The first kappa shape index (κ1) is 17.9. The lowest BCUT2D eigenvalue weighted by Crippen LogP contribution is -2.39. The molecule has 1 aromatic carbocycles. The molecule has 0 spiro atoms. The number of fused-ring (bicyclic) bond motifs is 1. The average Bonchev–Trinajstić information content (AvgIpc) is 3.14. The van der Waals surface area contributed by atoms with Crippen LogP contribution in [0.1, 0.15) is 25.7 Å². The Kier molecular flexibility index (Phi) is 4.88. The predicted molar refractivity (Wildman–Crippen MR) is 108 cm³/mol. The number of benzene rings is 1. The molecule has 9 nitrogen and oxygen atoms in total. The summed E-state index contributed by atoms with van der Waals surface area (Å²) >= 11 is 0. The van der Waals surface area contributed by atoms with Crippen LogP contribution in [0.5, 0.6) is 0 Å². The first-order valence-corrected chi connectivity index (χ1v) is 9.30. The Bertz CT molecular complexity index is 962. The average molecular weight is 381 g/mol. The lowest BCUT2D eigenvalue weighted by Gasteiger charge is -2.29. The third kappa shape index (κ3) is 4.08. The van der Waals surface area contributed by atoms with Gasteiger partial charge in [-0.15, -0.1) is 5.10 Å². The third-order valence-electron chi connectivity index (χ3n) is 4.96. The Morgan fingerprint density at radius 3 is 2.57 bits per heavy atom. The molecule has 6 N–H and O–H groups in total. The summed E-state index contributed by atoms with van der Waals surface area (Å²) in [6.45, 7) is 0. The van der Waals surface area contributed by atoms with E-state index in [2.05, 4.69) is 26.0 Å². The summed E-state index contributed by atoms with van der Waals surface area (Å²) in [4.78, 5) is 15.2. The molecule has 1 aliphatic rings. The molecule has 0 saturated heterocycles. The van der Waals surface area contributed by atoms with E-state index in [0.717, 1.165) is 48.5 Å². The zero-order valence-electron chi connectivity index (χ0n) is 15.3. The maximum absolute atomic E-state index is 10.8. The third-order valence-corrected chi connectivity index (χ3v) is 4.96. The smallest absolute Gasteiger partial charge is 0.404 e. The summed E-state index contributed by atoms with van der Waals surface area (Å²) in [6, 6.07) is 9.75. The van der Waals surface area contributed by atoms with Crippen molar-refractivity contribution in [3.63, 3.8) is 0 Å². The van der Waals surface area contributed by atoms with E-state index >= 15 is 0 Å². The molecule has 146 valence electrons. The SMILES string of the molecule is Nc1ccc(Nc2cc(N[C@H]3CC[C@H](NC(=O)O)CC3)nn3ccnc23)cc1. The molecule has 2 aromatic heterocycles. The van der Waals surface area contributed by atoms with Crippen LogP contribution in [0.25, 0.3) is 5.65 Å². The van der Waals surface area contributed by atoms with Gasteiger partial charge in [0.2, 0.25) is 0 Å². The monoisotopic (exact) mass is 381 g/mol. The molecule has 3 aromatic rings. The maximum Gasteiger partial charge on any atom is 0.404 e. The van der Waals surface area contributed by atoms with Crippen molar-refractivity contribution in [3.8, 4) is 0 Å². The van der Waals surface area contributed by atoms with Gasteiger partial charge in [0.25, 0.3) is 0 Å². The lowest BCUT2D eigenvalue weighted by molar-refractivity contribution is 0.185. The number of nitrogen functional groups attached to an aromatic ring is 1. The highest BCUT2D eigenvalue weighted by atomic mass is 16.4. The minimum Gasteiger partial charge on any atom is -0.465 e. The van der Waals surface area contributed by atoms with Crippen LogP contribution >= 0.6 is 0 Å². The number of aromatic nitrogens is 3. The molecule has 1 saturated carbocycles. The molecule has 9 heteroatoms. The highest BCUT2D eigenvalue weighted by Gasteiger charge is 2.22. The standard InChI is InChI=1S/C19H23N7O2/c20-12-1-3-13(4-2-12)22-16-11-17(25-26-10-9-21-18(16)26)23-14-5-7-15(8-6-14)24-19(27)28/h1-4,9-11,14-15,22,24H,5-8,20H2,(H,23,25)(H,27,28)/t14-,15-. The van der Waals surface area contributed by atoms with Crippen molar-refractivity contribution in [1.29, 1.82) is 0 Å². The van der Waals surface area contributed by atoms with Gasteiger partial charge < -0.3 is 26.8 Å². The van der Waals surface area contributed by atoms with E-state index in [0.29, 0.717) is 5.69 Å². The zero-order valence-corrected chi connectivity index (χ0v) is 15.3. The van der Waals surface area contributed by atoms with Gasteiger partial charge in [-0.3, -0.25) is 0 Å². The van der Waals surface area contributed by atoms with Gasteiger partial charge in [-0.05, 0) is 49.9 Å². The summed E-state index contributed by atoms with van der Waals surface area (Å²) in [5.74, 6) is 0.748. The molecule has 2 heterocycles. The number of rotatable bonds is 5. The van der Waals surface area contributed by atoms with Crippen LogP contribution in [0.15, 0.2) is 42.7 Å². The first-order chi connectivity index (χ1) is 13.6. The van der Waals surface area contributed by atoms with E-state index in [-0.39, 0.29) is 12.1 Å². The second-order valence-electron chi connectivity index (χ2n) is 7.03.